The lowest BCUT2D eigenvalue weighted by Gasteiger charge is -2.33. The minimum Gasteiger partial charge on any atom is -0.379 e. The highest BCUT2D eigenvalue weighted by Gasteiger charge is 2.34. The van der Waals surface area contributed by atoms with Crippen LogP contribution in [0.15, 0.2) is 0 Å². The molecule has 3 heterocycles. The number of hydrogen-bond acceptors (Lipinski definition) is 5. The van der Waals surface area contributed by atoms with Crippen molar-refractivity contribution in [3.63, 3.8) is 0 Å². The molecule has 2 N–H and O–H groups in total. The molecular weight excluding hydrogens is 326 g/mol. The normalized spacial score (nSPS) is 30.4. The third-order valence-corrected chi connectivity index (χ3v) is 5.75. The van der Waals surface area contributed by atoms with Crippen LogP contribution in [0.3, 0.4) is 0 Å². The van der Waals surface area contributed by atoms with E-state index in [0.717, 1.165) is 45.1 Å². The zero-order chi connectivity index (χ0) is 15.5. The first-order valence-electron chi connectivity index (χ1n) is 9.37. The van der Waals surface area contributed by atoms with Crippen LogP contribution in [0.4, 0.5) is 0 Å². The van der Waals surface area contributed by atoms with Crippen molar-refractivity contribution in [2.45, 2.75) is 70.1 Å². The van der Waals surface area contributed by atoms with Gasteiger partial charge >= 0.3 is 0 Å². The van der Waals surface area contributed by atoms with Gasteiger partial charge < -0.3 is 19.9 Å². The number of aromatic nitrogens is 3. The molecule has 3 unspecified atom stereocenters. The number of aryl methyl sites for hydroxylation is 1. The Kier molecular flexibility index (Phi) is 6.49. The van der Waals surface area contributed by atoms with Gasteiger partial charge in [-0.2, -0.15) is 0 Å². The summed E-state index contributed by atoms with van der Waals surface area (Å²) in [6, 6.07) is 1.09. The molecule has 1 aromatic rings. The van der Waals surface area contributed by atoms with E-state index in [4.69, 9.17) is 4.74 Å². The van der Waals surface area contributed by atoms with Crippen molar-refractivity contribution in [2.75, 3.05) is 19.8 Å². The Morgan fingerprint density at radius 1 is 1.17 bits per heavy atom. The SMILES string of the molecule is C1CCc2nnc(CNC3CCCC3C3COCCN3)n2CC1.Cl. The molecule has 0 bridgehead atoms. The number of hydrogen-bond donors (Lipinski definition) is 2. The molecule has 6 nitrogen and oxygen atoms in total. The maximum absolute atomic E-state index is 5.66. The molecule has 0 amide bonds. The molecule has 2 fully saturated rings. The second-order valence-electron chi connectivity index (χ2n) is 7.21. The first-order chi connectivity index (χ1) is 11.4. The Morgan fingerprint density at radius 2 is 2.12 bits per heavy atom. The van der Waals surface area contributed by atoms with Gasteiger partial charge in [0.05, 0.1) is 19.8 Å². The molecule has 2 aliphatic heterocycles. The van der Waals surface area contributed by atoms with Crippen molar-refractivity contribution in [1.29, 1.82) is 0 Å². The van der Waals surface area contributed by atoms with Crippen molar-refractivity contribution in [3.05, 3.63) is 11.6 Å². The highest BCUT2D eigenvalue weighted by molar-refractivity contribution is 5.85. The largest absolute Gasteiger partial charge is 0.379 e. The van der Waals surface area contributed by atoms with Gasteiger partial charge in [0.2, 0.25) is 0 Å². The fourth-order valence-corrected chi connectivity index (χ4v) is 4.48. The second kappa shape index (κ2) is 8.61. The molecule has 0 aromatic carbocycles. The van der Waals surface area contributed by atoms with Crippen LogP contribution in [-0.2, 0) is 24.2 Å². The van der Waals surface area contributed by atoms with Crippen LogP contribution >= 0.6 is 12.4 Å². The molecule has 0 spiro atoms. The Hall–Kier alpha value is -0.690. The highest BCUT2D eigenvalue weighted by Crippen LogP contribution is 2.29. The van der Waals surface area contributed by atoms with Crippen molar-refractivity contribution in [1.82, 2.24) is 25.4 Å². The molecule has 7 heteroatoms. The molecule has 3 aliphatic rings. The van der Waals surface area contributed by atoms with Crippen molar-refractivity contribution < 1.29 is 4.74 Å². The average molecular weight is 356 g/mol. The molecule has 1 aromatic heterocycles. The van der Waals surface area contributed by atoms with Gasteiger partial charge in [0.25, 0.3) is 0 Å². The third-order valence-electron chi connectivity index (χ3n) is 5.75. The van der Waals surface area contributed by atoms with Crippen LogP contribution in [0.25, 0.3) is 0 Å². The summed E-state index contributed by atoms with van der Waals surface area (Å²) in [7, 11) is 0. The summed E-state index contributed by atoms with van der Waals surface area (Å²) in [6.45, 7) is 4.65. The molecular formula is C17H30ClN5O. The zero-order valence-electron chi connectivity index (χ0n) is 14.4. The number of rotatable bonds is 4. The number of fused-ring (bicyclic) bond motifs is 1. The standard InChI is InChI=1S/C17H29N5O.ClH/c1-2-7-16-20-21-17(22(16)9-3-1)11-19-14-6-4-5-13(14)15-12-23-10-8-18-15;/h13-15,18-19H,1-12H2;1H. The first kappa shape index (κ1) is 18.1. The van der Waals surface area contributed by atoms with Gasteiger partial charge in [-0.25, -0.2) is 0 Å². The quantitative estimate of drug-likeness (QED) is 0.860. The fraction of sp³-hybridized carbons (Fsp3) is 0.882. The van der Waals surface area contributed by atoms with Gasteiger partial charge in [0, 0.05) is 31.6 Å². The van der Waals surface area contributed by atoms with Gasteiger partial charge in [-0.3, -0.25) is 0 Å². The summed E-state index contributed by atoms with van der Waals surface area (Å²) in [5.74, 6) is 2.99. The van der Waals surface area contributed by atoms with E-state index in [0.29, 0.717) is 18.0 Å². The van der Waals surface area contributed by atoms with E-state index < -0.39 is 0 Å². The van der Waals surface area contributed by atoms with E-state index in [-0.39, 0.29) is 12.4 Å². The van der Waals surface area contributed by atoms with Crippen LogP contribution < -0.4 is 10.6 Å². The van der Waals surface area contributed by atoms with Gasteiger partial charge in [-0.05, 0) is 31.6 Å². The minimum absolute atomic E-state index is 0. The van der Waals surface area contributed by atoms with Gasteiger partial charge in [-0.1, -0.05) is 12.8 Å². The van der Waals surface area contributed by atoms with Crippen molar-refractivity contribution >= 4 is 12.4 Å². The van der Waals surface area contributed by atoms with Gasteiger partial charge in [0.1, 0.15) is 11.6 Å². The number of nitrogens with zero attached hydrogens (tertiary/aromatic N) is 3. The lowest BCUT2D eigenvalue weighted by Crippen LogP contribution is -2.50. The van der Waals surface area contributed by atoms with Gasteiger partial charge in [-0.15, -0.1) is 22.6 Å². The maximum atomic E-state index is 5.66. The molecule has 136 valence electrons. The molecule has 1 saturated carbocycles. The summed E-state index contributed by atoms with van der Waals surface area (Å²) >= 11 is 0. The fourth-order valence-electron chi connectivity index (χ4n) is 4.48. The van der Waals surface area contributed by atoms with Crippen molar-refractivity contribution in [2.24, 2.45) is 5.92 Å². The van der Waals surface area contributed by atoms with E-state index in [1.54, 1.807) is 0 Å². The molecule has 0 radical (unpaired) electrons. The van der Waals surface area contributed by atoms with Crippen molar-refractivity contribution in [3.8, 4) is 0 Å². The van der Waals surface area contributed by atoms with E-state index in [2.05, 4.69) is 25.4 Å². The summed E-state index contributed by atoms with van der Waals surface area (Å²) in [4.78, 5) is 0. The highest BCUT2D eigenvalue weighted by atomic mass is 35.5. The molecule has 1 saturated heterocycles. The Balaban J connectivity index is 0.00000169. The van der Waals surface area contributed by atoms with E-state index in [1.165, 1.54) is 44.3 Å². The molecule has 24 heavy (non-hydrogen) atoms. The average Bonchev–Trinajstić information content (AvgIpc) is 3.14. The predicted molar refractivity (Wildman–Crippen MR) is 95.4 cm³/mol. The number of halogens is 1. The molecule has 3 atom stereocenters. The predicted octanol–water partition coefficient (Wildman–Crippen LogP) is 1.67. The second-order valence-corrected chi connectivity index (χ2v) is 7.21. The third kappa shape index (κ3) is 3.93. The van der Waals surface area contributed by atoms with Gasteiger partial charge in [0.15, 0.2) is 0 Å². The monoisotopic (exact) mass is 355 g/mol. The Morgan fingerprint density at radius 3 is 3.00 bits per heavy atom. The minimum atomic E-state index is 0. The lowest BCUT2D eigenvalue weighted by molar-refractivity contribution is 0.0523. The smallest absolute Gasteiger partial charge is 0.147 e. The molecule has 4 rings (SSSR count). The summed E-state index contributed by atoms with van der Waals surface area (Å²) in [5.41, 5.74) is 0. The Bertz CT molecular complexity index is 517. The van der Waals surface area contributed by atoms with Crippen LogP contribution in [0.5, 0.6) is 0 Å². The number of morpholine rings is 1. The van der Waals surface area contributed by atoms with Crippen LogP contribution in [-0.4, -0.2) is 46.6 Å². The topological polar surface area (TPSA) is 64.0 Å². The lowest BCUT2D eigenvalue weighted by atomic mass is 9.94. The maximum Gasteiger partial charge on any atom is 0.147 e. The van der Waals surface area contributed by atoms with E-state index in [1.807, 2.05) is 0 Å². The summed E-state index contributed by atoms with van der Waals surface area (Å²) < 4.78 is 8.02. The number of ether oxygens (including phenoxy) is 1. The number of nitrogens with one attached hydrogen (secondary N) is 2. The van der Waals surface area contributed by atoms with Crippen LogP contribution in [0.1, 0.15) is 50.2 Å². The first-order valence-corrected chi connectivity index (χ1v) is 9.37. The molecule has 1 aliphatic carbocycles. The Labute approximate surface area is 150 Å². The zero-order valence-corrected chi connectivity index (χ0v) is 15.2. The van der Waals surface area contributed by atoms with Crippen LogP contribution in [0, 0.1) is 5.92 Å². The summed E-state index contributed by atoms with van der Waals surface area (Å²) in [6.07, 6.45) is 8.80. The van der Waals surface area contributed by atoms with E-state index in [9.17, 15) is 0 Å². The summed E-state index contributed by atoms with van der Waals surface area (Å²) in [5, 5.41) is 16.3. The van der Waals surface area contributed by atoms with Crippen LogP contribution in [0.2, 0.25) is 0 Å². The van der Waals surface area contributed by atoms with E-state index >= 15 is 0 Å².